The number of halogens is 3. The number of alkyl halides is 3. The number of rotatable bonds is 10. The Bertz CT molecular complexity index is 2180. The van der Waals surface area contributed by atoms with Gasteiger partial charge in [-0.05, 0) is 118 Å². The molecule has 6 nitrogen and oxygen atoms in total. The number of nitrogens with zero attached hydrogens (tertiary/aromatic N) is 1. The van der Waals surface area contributed by atoms with E-state index >= 15 is 0 Å². The molecule has 0 N–H and O–H groups in total. The zero-order chi connectivity index (χ0) is 34.6. The molecule has 0 unspecified atom stereocenters. The van der Waals surface area contributed by atoms with Gasteiger partial charge in [-0.2, -0.15) is 21.6 Å². The van der Waals surface area contributed by atoms with E-state index in [0.29, 0.717) is 22.3 Å². The van der Waals surface area contributed by atoms with Gasteiger partial charge in [0.15, 0.2) is 0 Å². The molecule has 0 aliphatic carbocycles. The maximum atomic E-state index is 12.8. The lowest BCUT2D eigenvalue weighted by atomic mass is 9.96. The Morgan fingerprint density at radius 1 is 0.490 bits per heavy atom. The summed E-state index contributed by atoms with van der Waals surface area (Å²) >= 11 is 0. The van der Waals surface area contributed by atoms with Crippen LogP contribution in [-0.2, 0) is 10.1 Å². The summed E-state index contributed by atoms with van der Waals surface area (Å²) in [5, 5.41) is 0. The fourth-order valence-electron chi connectivity index (χ4n) is 5.31. The van der Waals surface area contributed by atoms with Crippen LogP contribution in [0.4, 0.5) is 30.2 Å². The van der Waals surface area contributed by atoms with Crippen molar-refractivity contribution in [2.24, 2.45) is 0 Å². The molecule has 6 aromatic rings. The van der Waals surface area contributed by atoms with Crippen LogP contribution in [0.5, 0.6) is 5.75 Å². The molecular formula is C39H26F3NO5S. The molecule has 0 aliphatic rings. The van der Waals surface area contributed by atoms with Crippen LogP contribution < -0.4 is 9.08 Å². The first-order valence-corrected chi connectivity index (χ1v) is 16.3. The smallest absolute Gasteiger partial charge is 0.376 e. The molecule has 0 atom stereocenters. The Morgan fingerprint density at radius 3 is 1.27 bits per heavy atom. The molecule has 6 aromatic carbocycles. The van der Waals surface area contributed by atoms with E-state index in [-0.39, 0.29) is 0 Å². The van der Waals surface area contributed by atoms with Gasteiger partial charge in [0.05, 0.1) is 0 Å². The zero-order valence-corrected chi connectivity index (χ0v) is 26.4. The monoisotopic (exact) mass is 677 g/mol. The summed E-state index contributed by atoms with van der Waals surface area (Å²) < 4.78 is 65.9. The lowest BCUT2D eigenvalue weighted by Gasteiger charge is -2.26. The average Bonchev–Trinajstić information content (AvgIpc) is 3.12. The quantitative estimate of drug-likeness (QED) is 0.0816. The summed E-state index contributed by atoms with van der Waals surface area (Å²) in [7, 11) is -5.80. The van der Waals surface area contributed by atoms with Gasteiger partial charge < -0.3 is 9.08 Å². The first kappa shape index (κ1) is 32.9. The maximum Gasteiger partial charge on any atom is 0.534 e. The molecule has 0 amide bonds. The molecule has 0 saturated carbocycles. The molecule has 244 valence electrons. The zero-order valence-electron chi connectivity index (χ0n) is 25.5. The van der Waals surface area contributed by atoms with E-state index in [1.807, 2.05) is 95.9 Å². The fourth-order valence-corrected chi connectivity index (χ4v) is 5.76. The van der Waals surface area contributed by atoms with Gasteiger partial charge in [-0.3, -0.25) is 9.59 Å². The van der Waals surface area contributed by atoms with Crippen molar-refractivity contribution in [2.45, 2.75) is 5.51 Å². The van der Waals surface area contributed by atoms with Gasteiger partial charge >= 0.3 is 15.6 Å². The van der Waals surface area contributed by atoms with Gasteiger partial charge in [-0.15, -0.1) is 0 Å². The van der Waals surface area contributed by atoms with Crippen molar-refractivity contribution in [3.8, 4) is 39.1 Å². The largest absolute Gasteiger partial charge is 0.534 e. The number of aldehydes is 2. The second-order valence-corrected chi connectivity index (χ2v) is 12.5. The summed E-state index contributed by atoms with van der Waals surface area (Å²) in [5.74, 6) is -0.444. The number of anilines is 3. The highest BCUT2D eigenvalue weighted by atomic mass is 32.2. The van der Waals surface area contributed by atoms with Crippen LogP contribution >= 0.6 is 0 Å². The highest BCUT2D eigenvalue weighted by Crippen LogP contribution is 2.37. The molecule has 49 heavy (non-hydrogen) atoms. The van der Waals surface area contributed by atoms with Gasteiger partial charge in [0.2, 0.25) is 0 Å². The van der Waals surface area contributed by atoms with Crippen molar-refractivity contribution in [3.05, 3.63) is 157 Å². The summed E-state index contributed by atoms with van der Waals surface area (Å²) in [5.41, 5.74) is 2.86. The summed E-state index contributed by atoms with van der Waals surface area (Å²) in [4.78, 5) is 24.5. The van der Waals surface area contributed by atoms with E-state index in [9.17, 15) is 31.2 Å². The average molecular weight is 678 g/mol. The minimum Gasteiger partial charge on any atom is -0.376 e. The Hall–Kier alpha value is -6.00. The predicted molar refractivity (Wildman–Crippen MR) is 184 cm³/mol. The van der Waals surface area contributed by atoms with Gasteiger partial charge in [0.25, 0.3) is 0 Å². The lowest BCUT2D eigenvalue weighted by molar-refractivity contribution is -0.0500. The van der Waals surface area contributed by atoms with Gasteiger partial charge in [-0.25, -0.2) is 0 Å². The van der Waals surface area contributed by atoms with E-state index in [1.165, 1.54) is 12.1 Å². The highest BCUT2D eigenvalue weighted by Gasteiger charge is 2.48. The molecule has 10 heteroatoms. The topological polar surface area (TPSA) is 80.8 Å². The van der Waals surface area contributed by atoms with Crippen molar-refractivity contribution in [2.75, 3.05) is 4.90 Å². The number of carbonyl (C=O) groups excluding carboxylic acids is 2. The van der Waals surface area contributed by atoms with E-state index in [4.69, 9.17) is 0 Å². The molecule has 0 radical (unpaired) electrons. The van der Waals surface area contributed by atoms with Gasteiger partial charge in [0.1, 0.15) is 18.3 Å². The Kier molecular flexibility index (Phi) is 9.15. The third kappa shape index (κ3) is 7.29. The van der Waals surface area contributed by atoms with Gasteiger partial charge in [0, 0.05) is 28.2 Å². The Balaban J connectivity index is 1.28. The maximum absolute atomic E-state index is 12.8. The highest BCUT2D eigenvalue weighted by molar-refractivity contribution is 7.88. The van der Waals surface area contributed by atoms with Crippen molar-refractivity contribution in [3.63, 3.8) is 0 Å². The second kappa shape index (κ2) is 13.6. The molecular weight excluding hydrogens is 651 g/mol. The van der Waals surface area contributed by atoms with Crippen LogP contribution in [0.1, 0.15) is 20.7 Å². The SMILES string of the molecule is O=Cc1ccc(N(c2ccc(C=O)cc2)c2ccc(-c3cccc(-c4cccc(-c5cccc(OS(=O)(=O)C(F)(F)F)c5)c4)c3)cc2)cc1. The van der Waals surface area contributed by atoms with Crippen LogP contribution in [-0.4, -0.2) is 26.5 Å². The standard InChI is InChI=1S/C39H26F3NO5S/c40-39(41,42)49(46,47)48-38-9-3-8-34(24-38)33-7-2-6-32(23-33)31-5-1-4-30(22-31)29-14-20-37(21-15-29)43(35-16-10-27(25-44)11-17-35)36-18-12-28(26-45)13-19-36/h1-26H. The first-order valence-electron chi connectivity index (χ1n) is 14.9. The van der Waals surface area contributed by atoms with E-state index in [1.54, 1.807) is 36.4 Å². The normalized spacial score (nSPS) is 11.5. The molecule has 0 aliphatic heterocycles. The number of hydrogen-bond acceptors (Lipinski definition) is 6. The minimum absolute atomic E-state index is 0.444. The number of hydrogen-bond donors (Lipinski definition) is 0. The molecule has 0 bridgehead atoms. The fraction of sp³-hybridized carbons (Fsp3) is 0.0256. The van der Waals surface area contributed by atoms with Crippen molar-refractivity contribution in [1.82, 2.24) is 0 Å². The second-order valence-electron chi connectivity index (χ2n) is 11.0. The van der Waals surface area contributed by atoms with E-state index < -0.39 is 21.4 Å². The number of benzene rings is 6. The molecule has 0 fully saturated rings. The molecule has 0 aromatic heterocycles. The van der Waals surface area contributed by atoms with Crippen molar-refractivity contribution >= 4 is 39.8 Å². The Morgan fingerprint density at radius 2 is 0.857 bits per heavy atom. The molecule has 0 heterocycles. The summed E-state index contributed by atoms with van der Waals surface area (Å²) in [6.45, 7) is 0. The predicted octanol–water partition coefficient (Wildman–Crippen LogP) is 10.0. The third-order valence-electron chi connectivity index (χ3n) is 7.75. The van der Waals surface area contributed by atoms with Crippen LogP contribution in [0.15, 0.2) is 146 Å². The van der Waals surface area contributed by atoms with Crippen molar-refractivity contribution in [1.29, 1.82) is 0 Å². The van der Waals surface area contributed by atoms with Crippen LogP contribution in [0.25, 0.3) is 33.4 Å². The molecule has 0 spiro atoms. The van der Waals surface area contributed by atoms with E-state index in [2.05, 4.69) is 4.18 Å². The van der Waals surface area contributed by atoms with Crippen LogP contribution in [0.3, 0.4) is 0 Å². The third-order valence-corrected chi connectivity index (χ3v) is 8.73. The lowest BCUT2D eigenvalue weighted by Crippen LogP contribution is -2.28. The first-order chi connectivity index (χ1) is 23.5. The molecule has 6 rings (SSSR count). The number of carbonyl (C=O) groups is 2. The summed E-state index contributed by atoms with van der Waals surface area (Å²) in [6.07, 6.45) is 1.58. The Labute approximate surface area is 280 Å². The van der Waals surface area contributed by atoms with Gasteiger partial charge in [-0.1, -0.05) is 60.7 Å². The van der Waals surface area contributed by atoms with Crippen LogP contribution in [0.2, 0.25) is 0 Å². The molecule has 0 saturated heterocycles. The summed E-state index contributed by atoms with van der Waals surface area (Å²) in [6, 6.07) is 43.1. The van der Waals surface area contributed by atoms with Crippen LogP contribution in [0, 0.1) is 0 Å². The van der Waals surface area contributed by atoms with E-state index in [0.717, 1.165) is 58.0 Å². The minimum atomic E-state index is -5.80. The van der Waals surface area contributed by atoms with Crippen molar-refractivity contribution < 1.29 is 35.4 Å².